The molecule has 3 nitrogen and oxygen atoms in total. The zero-order chi connectivity index (χ0) is 6.57. The van der Waals surface area contributed by atoms with Crippen LogP contribution in [0.25, 0.3) is 0 Å². The van der Waals surface area contributed by atoms with Gasteiger partial charge in [-0.25, -0.2) is 0 Å². The van der Waals surface area contributed by atoms with Crippen molar-refractivity contribution in [1.82, 2.24) is 0 Å². The molecule has 0 aromatic rings. The number of hydrogen-bond donors (Lipinski definition) is 3. The number of thiol groups is 1. The number of aliphatic carboxylic acids is 1. The second-order valence-electron chi connectivity index (χ2n) is 1.46. The van der Waals surface area contributed by atoms with Crippen molar-refractivity contribution in [3.05, 3.63) is 0 Å². The maximum atomic E-state index is 9.93. The minimum atomic E-state index is -0.959. The van der Waals surface area contributed by atoms with Crippen LogP contribution in [0.3, 0.4) is 0 Å². The molecule has 0 spiro atoms. The van der Waals surface area contributed by atoms with Crippen LogP contribution in [0.5, 0.6) is 0 Å². The standard InChI is InChI=1S/C4H9NO2S.2K/c5-3(1-2-8)4(6)7;;/h3,8H,1-2,5H2,(H,6,7);;/t3-;;/m0../s1. The van der Waals surface area contributed by atoms with Gasteiger partial charge >= 0.3 is 5.97 Å². The number of rotatable bonds is 3. The van der Waals surface area contributed by atoms with Gasteiger partial charge in [-0.2, -0.15) is 12.6 Å². The van der Waals surface area contributed by atoms with E-state index in [1.54, 1.807) is 0 Å². The van der Waals surface area contributed by atoms with Gasteiger partial charge < -0.3 is 10.8 Å². The number of nitrogens with two attached hydrogens (primary N) is 1. The average Bonchev–Trinajstić information content (AvgIpc) is 1.67. The summed E-state index contributed by atoms with van der Waals surface area (Å²) in [7, 11) is 0. The normalized spacial score (nSPS) is 10.6. The van der Waals surface area contributed by atoms with Crippen LogP contribution in [0.2, 0.25) is 0 Å². The molecule has 0 aromatic heterocycles. The molecule has 3 N–H and O–H groups in total. The summed E-state index contributed by atoms with van der Waals surface area (Å²) in [4.78, 5) is 9.93. The zero-order valence-electron chi connectivity index (χ0n) is 6.37. The number of carboxylic acids is 1. The van der Waals surface area contributed by atoms with Gasteiger partial charge in [0.1, 0.15) is 6.04 Å². The Bertz CT molecular complexity index is 93.3. The maximum absolute atomic E-state index is 9.93. The first-order valence-electron chi connectivity index (χ1n) is 2.27. The third-order valence-corrected chi connectivity index (χ3v) is 1.02. The molecule has 0 rings (SSSR count). The van der Waals surface area contributed by atoms with E-state index in [9.17, 15) is 4.79 Å². The van der Waals surface area contributed by atoms with Crippen LogP contribution in [0.1, 0.15) is 6.42 Å². The molecule has 0 aliphatic rings. The van der Waals surface area contributed by atoms with E-state index in [1.807, 2.05) is 0 Å². The van der Waals surface area contributed by atoms with Crippen LogP contribution in [0.4, 0.5) is 0 Å². The summed E-state index contributed by atoms with van der Waals surface area (Å²) < 4.78 is 0. The fraction of sp³-hybridized carbons (Fsp3) is 0.750. The van der Waals surface area contributed by atoms with Gasteiger partial charge in [0, 0.05) is 103 Å². The van der Waals surface area contributed by atoms with E-state index in [0.717, 1.165) is 0 Å². The largest absolute Gasteiger partial charge is 0.480 e. The van der Waals surface area contributed by atoms with E-state index < -0.39 is 12.0 Å². The molecule has 1 atom stereocenters. The minimum Gasteiger partial charge on any atom is -0.480 e. The van der Waals surface area contributed by atoms with E-state index in [4.69, 9.17) is 10.8 Å². The van der Waals surface area contributed by atoms with Gasteiger partial charge in [0.05, 0.1) is 0 Å². The quantitative estimate of drug-likeness (QED) is 0.414. The monoisotopic (exact) mass is 213 g/mol. The Labute approximate surface area is 151 Å². The van der Waals surface area contributed by atoms with E-state index in [1.165, 1.54) is 0 Å². The Morgan fingerprint density at radius 3 is 2.10 bits per heavy atom. The van der Waals surface area contributed by atoms with Crippen LogP contribution in [-0.4, -0.2) is 126 Å². The van der Waals surface area contributed by atoms with Gasteiger partial charge in [-0.3, -0.25) is 4.79 Å². The van der Waals surface area contributed by atoms with Crippen molar-refractivity contribution in [2.75, 3.05) is 5.75 Å². The van der Waals surface area contributed by atoms with Crippen molar-refractivity contribution in [3.8, 4) is 0 Å². The Morgan fingerprint density at radius 2 is 2.00 bits per heavy atom. The molecule has 0 saturated carbocycles. The zero-order valence-corrected chi connectivity index (χ0v) is 13.5. The van der Waals surface area contributed by atoms with Crippen LogP contribution in [-0.2, 0) is 4.79 Å². The first-order chi connectivity index (χ1) is 3.68. The molecule has 0 saturated heterocycles. The first kappa shape index (κ1) is 18.8. The Kier molecular flexibility index (Phi) is 22.6. The molecule has 0 unspecified atom stereocenters. The number of carboxylic acid groups (broad SMARTS) is 1. The van der Waals surface area contributed by atoms with Gasteiger partial charge in [0.2, 0.25) is 0 Å². The van der Waals surface area contributed by atoms with Gasteiger partial charge in [-0.05, 0) is 12.2 Å². The molecule has 50 valence electrons. The summed E-state index contributed by atoms with van der Waals surface area (Å²) >= 11 is 3.81. The molecule has 0 aliphatic carbocycles. The summed E-state index contributed by atoms with van der Waals surface area (Å²) in [6.07, 6.45) is 0.429. The molecule has 0 fully saturated rings. The van der Waals surface area contributed by atoms with E-state index in [-0.39, 0.29) is 103 Å². The molecule has 0 heterocycles. The van der Waals surface area contributed by atoms with E-state index in [0.29, 0.717) is 12.2 Å². The molecule has 6 heteroatoms. The van der Waals surface area contributed by atoms with Gasteiger partial charge in [0.15, 0.2) is 0 Å². The Balaban J connectivity index is -0.000000245. The van der Waals surface area contributed by atoms with Crippen LogP contribution < -0.4 is 5.73 Å². The van der Waals surface area contributed by atoms with Crippen molar-refractivity contribution in [1.29, 1.82) is 0 Å². The van der Waals surface area contributed by atoms with Crippen LogP contribution in [0, 0.1) is 0 Å². The molecule has 2 radical (unpaired) electrons. The molecule has 0 aromatic carbocycles. The Hall–Kier alpha value is 3.05. The predicted molar refractivity (Wildman–Crippen MR) is 45.6 cm³/mol. The fourth-order valence-corrected chi connectivity index (χ4v) is 0.541. The second-order valence-corrected chi connectivity index (χ2v) is 1.90. The number of carbonyl (C=O) groups is 1. The molecule has 0 aliphatic heterocycles. The summed E-state index contributed by atoms with van der Waals surface area (Å²) in [6.45, 7) is 0. The molecule has 0 bridgehead atoms. The molecular weight excluding hydrogens is 204 g/mol. The topological polar surface area (TPSA) is 63.3 Å². The summed E-state index contributed by atoms with van der Waals surface area (Å²) in [5.74, 6) is -0.438. The summed E-state index contributed by atoms with van der Waals surface area (Å²) in [5, 5.41) is 8.15. The third-order valence-electron chi connectivity index (χ3n) is 0.757. The van der Waals surface area contributed by atoms with E-state index >= 15 is 0 Å². The first-order valence-corrected chi connectivity index (χ1v) is 2.91. The number of hydrogen-bond acceptors (Lipinski definition) is 3. The predicted octanol–water partition coefficient (Wildman–Crippen LogP) is -1.04. The van der Waals surface area contributed by atoms with Gasteiger partial charge in [-0.1, -0.05) is 0 Å². The SMILES string of the molecule is N[C@@H](CCS)C(=O)O.[K].[K]. The van der Waals surface area contributed by atoms with Crippen LogP contribution in [0.15, 0.2) is 0 Å². The third kappa shape index (κ3) is 11.1. The average molecular weight is 213 g/mol. The van der Waals surface area contributed by atoms with Crippen molar-refractivity contribution in [2.24, 2.45) is 5.73 Å². The maximum Gasteiger partial charge on any atom is 0.320 e. The van der Waals surface area contributed by atoms with Crippen molar-refractivity contribution in [2.45, 2.75) is 12.5 Å². The van der Waals surface area contributed by atoms with Gasteiger partial charge in [-0.15, -0.1) is 0 Å². The molecular formula is C4H9K2NO2S. The summed E-state index contributed by atoms with van der Waals surface area (Å²) in [5.41, 5.74) is 5.08. The fourth-order valence-electron chi connectivity index (χ4n) is 0.263. The van der Waals surface area contributed by atoms with Gasteiger partial charge in [0.25, 0.3) is 0 Å². The van der Waals surface area contributed by atoms with Crippen molar-refractivity contribution in [3.63, 3.8) is 0 Å². The Morgan fingerprint density at radius 1 is 1.60 bits per heavy atom. The van der Waals surface area contributed by atoms with Crippen molar-refractivity contribution >= 4 is 121 Å². The second kappa shape index (κ2) is 12.1. The smallest absolute Gasteiger partial charge is 0.320 e. The van der Waals surface area contributed by atoms with Crippen LogP contribution >= 0.6 is 12.6 Å². The summed E-state index contributed by atoms with van der Waals surface area (Å²) in [6, 6.07) is -0.743. The van der Waals surface area contributed by atoms with Crippen molar-refractivity contribution < 1.29 is 9.90 Å². The molecule has 0 amide bonds. The molecule has 10 heavy (non-hydrogen) atoms. The minimum absolute atomic E-state index is 0. The van der Waals surface area contributed by atoms with E-state index in [2.05, 4.69) is 12.6 Å².